The van der Waals surface area contributed by atoms with Gasteiger partial charge >= 0.3 is 5.97 Å². The highest BCUT2D eigenvalue weighted by atomic mass is 16.4. The fourth-order valence-electron chi connectivity index (χ4n) is 4.66. The fraction of sp³-hybridized carbons (Fsp3) is 0.591. The van der Waals surface area contributed by atoms with Crippen LogP contribution in [0.5, 0.6) is 0 Å². The van der Waals surface area contributed by atoms with Gasteiger partial charge in [0.15, 0.2) is 0 Å². The average molecular weight is 386 g/mol. The molecule has 1 aromatic heterocycles. The van der Waals surface area contributed by atoms with Gasteiger partial charge < -0.3 is 10.0 Å². The summed E-state index contributed by atoms with van der Waals surface area (Å²) in [4.78, 5) is 32.9. The van der Waals surface area contributed by atoms with Gasteiger partial charge in [0.25, 0.3) is 0 Å². The van der Waals surface area contributed by atoms with Crippen molar-refractivity contribution in [3.63, 3.8) is 0 Å². The van der Waals surface area contributed by atoms with Crippen LogP contribution >= 0.6 is 0 Å². The Morgan fingerprint density at radius 3 is 2.75 bits per heavy atom. The number of pyridine rings is 1. The van der Waals surface area contributed by atoms with Gasteiger partial charge in [-0.05, 0) is 44.7 Å². The normalized spacial score (nSPS) is 22.2. The summed E-state index contributed by atoms with van der Waals surface area (Å²) < 4.78 is 0. The molecule has 3 rings (SSSR count). The molecule has 1 spiro atoms. The number of aliphatic carboxylic acids is 1. The van der Waals surface area contributed by atoms with Crippen molar-refractivity contribution in [1.82, 2.24) is 14.8 Å². The minimum atomic E-state index is -0.713. The minimum Gasteiger partial charge on any atom is -0.481 e. The number of allylic oxidation sites excluding steroid dienone is 2. The standard InChI is InChI=1S/C22H31N3O3/c1-2-3-4-5-9-20(26)25-13-10-22(11-14-25)17-24(16-19(22)21(27)28)15-18-8-6-7-12-23-18/h2-3,6-8,12,19H,4-5,9-11,13-17H2,1H3,(H,27,28). The molecule has 3 heterocycles. The van der Waals surface area contributed by atoms with Crippen LogP contribution in [0.3, 0.4) is 0 Å². The van der Waals surface area contributed by atoms with Gasteiger partial charge in [-0.3, -0.25) is 19.5 Å². The molecule has 6 heteroatoms. The summed E-state index contributed by atoms with van der Waals surface area (Å²) in [6.07, 6.45) is 9.79. The van der Waals surface area contributed by atoms with E-state index in [1.165, 1.54) is 0 Å². The lowest BCUT2D eigenvalue weighted by molar-refractivity contribution is -0.146. The predicted octanol–water partition coefficient (Wildman–Crippen LogP) is 2.95. The molecule has 1 amide bonds. The first-order chi connectivity index (χ1) is 13.5. The van der Waals surface area contributed by atoms with Gasteiger partial charge in [-0.15, -0.1) is 0 Å². The van der Waals surface area contributed by atoms with Crippen LogP contribution in [0, 0.1) is 11.3 Å². The Morgan fingerprint density at radius 1 is 1.32 bits per heavy atom. The zero-order valence-electron chi connectivity index (χ0n) is 16.7. The summed E-state index contributed by atoms with van der Waals surface area (Å²) in [5.41, 5.74) is 0.736. The van der Waals surface area contributed by atoms with Crippen LogP contribution in [0.4, 0.5) is 0 Å². The largest absolute Gasteiger partial charge is 0.481 e. The second-order valence-corrected chi connectivity index (χ2v) is 8.09. The number of carboxylic acid groups (broad SMARTS) is 1. The number of hydrogen-bond acceptors (Lipinski definition) is 4. The molecule has 1 unspecified atom stereocenters. The first-order valence-corrected chi connectivity index (χ1v) is 10.3. The van der Waals surface area contributed by atoms with Crippen LogP contribution < -0.4 is 0 Å². The number of carboxylic acids is 1. The number of carbonyl (C=O) groups excluding carboxylic acids is 1. The number of likely N-dealkylation sites (tertiary alicyclic amines) is 2. The van der Waals surface area contributed by atoms with Crippen LogP contribution in [0.15, 0.2) is 36.5 Å². The quantitative estimate of drug-likeness (QED) is 0.577. The zero-order valence-corrected chi connectivity index (χ0v) is 16.7. The molecule has 2 aliphatic rings. The molecule has 0 bridgehead atoms. The molecule has 152 valence electrons. The summed E-state index contributed by atoms with van der Waals surface area (Å²) in [5, 5.41) is 9.83. The molecule has 1 aromatic rings. The Bertz CT molecular complexity index is 696. The smallest absolute Gasteiger partial charge is 0.308 e. The molecule has 2 aliphatic heterocycles. The summed E-state index contributed by atoms with van der Waals surface area (Å²) in [5.74, 6) is -0.882. The van der Waals surface area contributed by atoms with Crippen molar-refractivity contribution in [2.24, 2.45) is 11.3 Å². The number of amides is 1. The maximum Gasteiger partial charge on any atom is 0.308 e. The Labute approximate surface area is 167 Å². The van der Waals surface area contributed by atoms with Gasteiger partial charge in [0, 0.05) is 50.8 Å². The van der Waals surface area contributed by atoms with Gasteiger partial charge in [-0.25, -0.2) is 0 Å². The van der Waals surface area contributed by atoms with Gasteiger partial charge in [0.05, 0.1) is 11.6 Å². The van der Waals surface area contributed by atoms with E-state index in [4.69, 9.17) is 0 Å². The lowest BCUT2D eigenvalue weighted by Crippen LogP contribution is -2.47. The molecule has 2 saturated heterocycles. The number of hydrogen-bond donors (Lipinski definition) is 1. The van der Waals surface area contributed by atoms with Crippen molar-refractivity contribution in [3.05, 3.63) is 42.2 Å². The molecule has 0 radical (unpaired) electrons. The van der Waals surface area contributed by atoms with E-state index in [1.54, 1.807) is 6.20 Å². The Balaban J connectivity index is 1.58. The van der Waals surface area contributed by atoms with E-state index >= 15 is 0 Å². The zero-order chi connectivity index (χ0) is 20.0. The lowest BCUT2D eigenvalue weighted by Gasteiger charge is -2.41. The molecule has 0 aliphatic carbocycles. The summed E-state index contributed by atoms with van der Waals surface area (Å²) >= 11 is 0. The predicted molar refractivity (Wildman–Crippen MR) is 108 cm³/mol. The van der Waals surface area contributed by atoms with Crippen LogP contribution in [-0.4, -0.2) is 57.9 Å². The van der Waals surface area contributed by atoms with Crippen LogP contribution in [0.2, 0.25) is 0 Å². The number of aromatic nitrogens is 1. The van der Waals surface area contributed by atoms with E-state index in [0.29, 0.717) is 32.6 Å². The maximum atomic E-state index is 12.5. The summed E-state index contributed by atoms with van der Waals surface area (Å²) in [6.45, 7) is 5.34. The number of unbranched alkanes of at least 4 members (excludes halogenated alkanes) is 1. The molecule has 2 fully saturated rings. The number of rotatable bonds is 7. The van der Waals surface area contributed by atoms with E-state index in [2.05, 4.69) is 16.0 Å². The van der Waals surface area contributed by atoms with Gasteiger partial charge in [0.2, 0.25) is 5.91 Å². The van der Waals surface area contributed by atoms with Gasteiger partial charge in [-0.1, -0.05) is 18.2 Å². The second-order valence-electron chi connectivity index (χ2n) is 8.09. The van der Waals surface area contributed by atoms with Gasteiger partial charge in [-0.2, -0.15) is 0 Å². The number of nitrogens with zero attached hydrogens (tertiary/aromatic N) is 3. The number of carbonyl (C=O) groups is 2. The monoisotopic (exact) mass is 385 g/mol. The molecule has 28 heavy (non-hydrogen) atoms. The van der Waals surface area contributed by atoms with Crippen molar-refractivity contribution < 1.29 is 14.7 Å². The highest BCUT2D eigenvalue weighted by molar-refractivity contribution is 5.76. The molecule has 1 atom stereocenters. The molecular weight excluding hydrogens is 354 g/mol. The van der Waals surface area contributed by atoms with E-state index in [9.17, 15) is 14.7 Å². The first-order valence-electron chi connectivity index (χ1n) is 10.3. The topological polar surface area (TPSA) is 73.7 Å². The highest BCUT2D eigenvalue weighted by Gasteiger charge is 2.51. The highest BCUT2D eigenvalue weighted by Crippen LogP contribution is 2.45. The molecule has 6 nitrogen and oxygen atoms in total. The molecular formula is C22H31N3O3. The van der Waals surface area contributed by atoms with E-state index in [-0.39, 0.29) is 17.2 Å². The molecule has 1 N–H and O–H groups in total. The lowest BCUT2D eigenvalue weighted by atomic mass is 9.71. The third-order valence-corrected chi connectivity index (χ3v) is 6.24. The Kier molecular flexibility index (Phi) is 6.83. The van der Waals surface area contributed by atoms with E-state index in [1.807, 2.05) is 36.1 Å². The summed E-state index contributed by atoms with van der Waals surface area (Å²) in [7, 11) is 0. The van der Waals surface area contributed by atoms with E-state index < -0.39 is 5.97 Å². The van der Waals surface area contributed by atoms with Crippen molar-refractivity contribution in [1.29, 1.82) is 0 Å². The van der Waals surface area contributed by atoms with Crippen molar-refractivity contribution >= 4 is 11.9 Å². The fourth-order valence-corrected chi connectivity index (χ4v) is 4.66. The third kappa shape index (κ3) is 4.79. The maximum absolute atomic E-state index is 12.5. The Hall–Kier alpha value is -2.21. The second kappa shape index (κ2) is 9.32. The van der Waals surface area contributed by atoms with Crippen LogP contribution in [-0.2, 0) is 16.1 Å². The van der Waals surface area contributed by atoms with Crippen molar-refractivity contribution in [3.8, 4) is 0 Å². The first kappa shape index (κ1) is 20.5. The van der Waals surface area contributed by atoms with Crippen LogP contribution in [0.1, 0.15) is 44.7 Å². The van der Waals surface area contributed by atoms with Crippen LogP contribution in [0.25, 0.3) is 0 Å². The SMILES string of the molecule is CC=CCCCC(=O)N1CCC2(CC1)CN(Cc1ccccn1)CC2C(=O)O. The van der Waals surface area contributed by atoms with Gasteiger partial charge in [0.1, 0.15) is 0 Å². The minimum absolute atomic E-state index is 0.203. The number of piperidine rings is 1. The van der Waals surface area contributed by atoms with Crippen molar-refractivity contribution in [2.45, 2.75) is 45.6 Å². The molecule has 0 aromatic carbocycles. The Morgan fingerprint density at radius 2 is 2.11 bits per heavy atom. The third-order valence-electron chi connectivity index (χ3n) is 6.24. The summed E-state index contributed by atoms with van der Waals surface area (Å²) in [6, 6.07) is 5.83. The average Bonchev–Trinajstić information content (AvgIpc) is 3.04. The van der Waals surface area contributed by atoms with Crippen molar-refractivity contribution in [2.75, 3.05) is 26.2 Å². The van der Waals surface area contributed by atoms with E-state index in [0.717, 1.165) is 37.9 Å². The molecule has 0 saturated carbocycles.